The van der Waals surface area contributed by atoms with Gasteiger partial charge in [0, 0.05) is 29.6 Å². The van der Waals surface area contributed by atoms with Crippen LogP contribution in [0, 0.1) is 12.8 Å². The first-order valence-electron chi connectivity index (χ1n) is 7.90. The standard InChI is InChI=1S/C19H21ClN2O/c1-13-9-15(7-8-18(13)20)19(23)22-11-16(10-21)17(12-22)14-5-3-2-4-6-14/h2-9,16-17H,10-12,21H2,1H3/t16-,17+/m1/s1. The van der Waals surface area contributed by atoms with Gasteiger partial charge in [0.25, 0.3) is 5.91 Å². The minimum atomic E-state index is 0.0571. The molecule has 0 radical (unpaired) electrons. The predicted octanol–water partition coefficient (Wildman–Crippen LogP) is 3.46. The second kappa shape index (κ2) is 6.73. The van der Waals surface area contributed by atoms with E-state index < -0.39 is 0 Å². The van der Waals surface area contributed by atoms with Gasteiger partial charge in [-0.05, 0) is 48.7 Å². The number of likely N-dealkylation sites (tertiary alicyclic amines) is 1. The Bertz CT molecular complexity index is 702. The number of hydrogen-bond donors (Lipinski definition) is 1. The van der Waals surface area contributed by atoms with Crippen molar-refractivity contribution in [3.8, 4) is 0 Å². The van der Waals surface area contributed by atoms with E-state index in [1.54, 1.807) is 12.1 Å². The molecule has 23 heavy (non-hydrogen) atoms. The summed E-state index contributed by atoms with van der Waals surface area (Å²) in [4.78, 5) is 14.7. The molecule has 2 N–H and O–H groups in total. The normalized spacial score (nSPS) is 20.7. The fourth-order valence-electron chi connectivity index (χ4n) is 3.31. The monoisotopic (exact) mass is 328 g/mol. The quantitative estimate of drug-likeness (QED) is 0.937. The third-order valence-electron chi connectivity index (χ3n) is 4.66. The second-order valence-corrected chi connectivity index (χ2v) is 6.59. The molecule has 1 fully saturated rings. The van der Waals surface area contributed by atoms with Crippen LogP contribution >= 0.6 is 11.6 Å². The molecule has 2 atom stereocenters. The van der Waals surface area contributed by atoms with Crippen molar-refractivity contribution >= 4 is 17.5 Å². The lowest BCUT2D eigenvalue weighted by molar-refractivity contribution is 0.0786. The van der Waals surface area contributed by atoms with Crippen LogP contribution in [0.25, 0.3) is 0 Å². The van der Waals surface area contributed by atoms with Crippen molar-refractivity contribution in [3.63, 3.8) is 0 Å². The van der Waals surface area contributed by atoms with Crippen molar-refractivity contribution in [1.82, 2.24) is 4.90 Å². The van der Waals surface area contributed by atoms with Crippen molar-refractivity contribution in [1.29, 1.82) is 0 Å². The van der Waals surface area contributed by atoms with Gasteiger partial charge in [-0.3, -0.25) is 4.79 Å². The number of nitrogens with two attached hydrogens (primary N) is 1. The molecule has 1 saturated heterocycles. The fraction of sp³-hybridized carbons (Fsp3) is 0.316. The Hall–Kier alpha value is -1.84. The lowest BCUT2D eigenvalue weighted by atomic mass is 9.89. The number of hydrogen-bond acceptors (Lipinski definition) is 2. The van der Waals surface area contributed by atoms with E-state index in [0.717, 1.165) is 5.56 Å². The largest absolute Gasteiger partial charge is 0.338 e. The van der Waals surface area contributed by atoms with E-state index in [4.69, 9.17) is 17.3 Å². The third-order valence-corrected chi connectivity index (χ3v) is 5.09. The van der Waals surface area contributed by atoms with Gasteiger partial charge < -0.3 is 10.6 Å². The van der Waals surface area contributed by atoms with E-state index in [1.165, 1.54) is 5.56 Å². The molecular weight excluding hydrogens is 308 g/mol. The zero-order chi connectivity index (χ0) is 16.4. The molecule has 4 heteroatoms. The molecule has 0 unspecified atom stereocenters. The number of rotatable bonds is 3. The molecule has 0 aromatic heterocycles. The maximum atomic E-state index is 12.8. The molecule has 3 rings (SSSR count). The lowest BCUT2D eigenvalue weighted by Gasteiger charge is -2.17. The summed E-state index contributed by atoms with van der Waals surface area (Å²) in [6.07, 6.45) is 0. The Morgan fingerprint density at radius 3 is 2.61 bits per heavy atom. The molecule has 0 saturated carbocycles. The van der Waals surface area contributed by atoms with Crippen molar-refractivity contribution in [2.24, 2.45) is 11.7 Å². The highest BCUT2D eigenvalue weighted by atomic mass is 35.5. The van der Waals surface area contributed by atoms with Crippen molar-refractivity contribution in [2.75, 3.05) is 19.6 Å². The SMILES string of the molecule is Cc1cc(C(=O)N2C[C@@H](CN)[C@H](c3ccccc3)C2)ccc1Cl. The number of nitrogens with zero attached hydrogens (tertiary/aromatic N) is 1. The molecule has 2 aromatic rings. The molecular formula is C19H21ClN2O. The smallest absolute Gasteiger partial charge is 0.253 e. The van der Waals surface area contributed by atoms with Gasteiger partial charge in [0.05, 0.1) is 0 Å². The summed E-state index contributed by atoms with van der Waals surface area (Å²) in [6, 6.07) is 15.8. The maximum Gasteiger partial charge on any atom is 0.253 e. The first-order chi connectivity index (χ1) is 11.1. The van der Waals surface area contributed by atoms with Gasteiger partial charge in [-0.1, -0.05) is 41.9 Å². The highest BCUT2D eigenvalue weighted by molar-refractivity contribution is 6.31. The van der Waals surface area contributed by atoms with Crippen LogP contribution in [0.15, 0.2) is 48.5 Å². The van der Waals surface area contributed by atoms with Gasteiger partial charge in [-0.2, -0.15) is 0 Å². The van der Waals surface area contributed by atoms with Crippen LogP contribution in [0.2, 0.25) is 5.02 Å². The maximum absolute atomic E-state index is 12.8. The molecule has 2 aromatic carbocycles. The van der Waals surface area contributed by atoms with Crippen molar-refractivity contribution in [3.05, 3.63) is 70.2 Å². The molecule has 0 bridgehead atoms. The molecule has 1 aliphatic rings. The second-order valence-electron chi connectivity index (χ2n) is 6.19. The number of aryl methyl sites for hydroxylation is 1. The van der Waals surface area contributed by atoms with Gasteiger partial charge in [0.1, 0.15) is 0 Å². The number of benzene rings is 2. The third kappa shape index (κ3) is 3.26. The molecule has 1 heterocycles. The van der Waals surface area contributed by atoms with Crippen LogP contribution in [0.4, 0.5) is 0 Å². The Labute approximate surface area is 142 Å². The van der Waals surface area contributed by atoms with Crippen LogP contribution in [-0.4, -0.2) is 30.4 Å². The van der Waals surface area contributed by atoms with E-state index in [9.17, 15) is 4.79 Å². The summed E-state index contributed by atoms with van der Waals surface area (Å²) >= 11 is 6.05. The Morgan fingerprint density at radius 1 is 1.22 bits per heavy atom. The topological polar surface area (TPSA) is 46.3 Å². The van der Waals surface area contributed by atoms with Crippen LogP contribution in [0.1, 0.15) is 27.4 Å². The van der Waals surface area contributed by atoms with E-state index >= 15 is 0 Å². The summed E-state index contributed by atoms with van der Waals surface area (Å²) in [5.41, 5.74) is 8.82. The summed E-state index contributed by atoms with van der Waals surface area (Å²) in [5, 5.41) is 0.685. The van der Waals surface area contributed by atoms with Gasteiger partial charge in [0.2, 0.25) is 0 Å². The summed E-state index contributed by atoms with van der Waals surface area (Å²) in [5.74, 6) is 0.662. The molecule has 1 amide bonds. The number of carbonyl (C=O) groups is 1. The highest BCUT2D eigenvalue weighted by Gasteiger charge is 2.35. The zero-order valence-electron chi connectivity index (χ0n) is 13.2. The highest BCUT2D eigenvalue weighted by Crippen LogP contribution is 2.33. The first-order valence-corrected chi connectivity index (χ1v) is 8.28. The molecule has 0 aliphatic carbocycles. The minimum absolute atomic E-state index is 0.0571. The van der Waals surface area contributed by atoms with E-state index in [0.29, 0.717) is 42.1 Å². The first kappa shape index (κ1) is 16.0. The molecule has 3 nitrogen and oxygen atoms in total. The molecule has 1 aliphatic heterocycles. The zero-order valence-corrected chi connectivity index (χ0v) is 14.0. The van der Waals surface area contributed by atoms with Crippen molar-refractivity contribution < 1.29 is 4.79 Å². The van der Waals surface area contributed by atoms with Crippen LogP contribution in [-0.2, 0) is 0 Å². The number of halogens is 1. The summed E-state index contributed by atoms with van der Waals surface area (Å²) < 4.78 is 0. The van der Waals surface area contributed by atoms with E-state index in [2.05, 4.69) is 12.1 Å². The summed E-state index contributed by atoms with van der Waals surface area (Å²) in [7, 11) is 0. The Morgan fingerprint density at radius 2 is 1.96 bits per heavy atom. The Balaban J connectivity index is 1.81. The van der Waals surface area contributed by atoms with Crippen LogP contribution in [0.5, 0.6) is 0 Å². The Kier molecular flexibility index (Phi) is 4.69. The predicted molar refractivity (Wildman–Crippen MR) is 93.8 cm³/mol. The van der Waals surface area contributed by atoms with Gasteiger partial charge in [0.15, 0.2) is 0 Å². The summed E-state index contributed by atoms with van der Waals surface area (Å²) in [6.45, 7) is 3.92. The fourth-order valence-corrected chi connectivity index (χ4v) is 3.43. The molecule has 0 spiro atoms. The molecule has 120 valence electrons. The van der Waals surface area contributed by atoms with Crippen LogP contribution < -0.4 is 5.73 Å². The van der Waals surface area contributed by atoms with Gasteiger partial charge in [-0.25, -0.2) is 0 Å². The number of amides is 1. The van der Waals surface area contributed by atoms with Gasteiger partial charge >= 0.3 is 0 Å². The van der Waals surface area contributed by atoms with Gasteiger partial charge in [-0.15, -0.1) is 0 Å². The van der Waals surface area contributed by atoms with Crippen molar-refractivity contribution in [2.45, 2.75) is 12.8 Å². The average molecular weight is 329 g/mol. The average Bonchev–Trinajstić information content (AvgIpc) is 3.02. The number of carbonyl (C=O) groups excluding carboxylic acids is 1. The minimum Gasteiger partial charge on any atom is -0.338 e. The van der Waals surface area contributed by atoms with E-state index in [-0.39, 0.29) is 5.91 Å². The van der Waals surface area contributed by atoms with E-state index in [1.807, 2.05) is 36.1 Å². The van der Waals surface area contributed by atoms with Crippen LogP contribution in [0.3, 0.4) is 0 Å². The lowest BCUT2D eigenvalue weighted by Crippen LogP contribution is -2.29.